The Morgan fingerprint density at radius 2 is 1.09 bits per heavy atom. The average Bonchev–Trinajstić information content (AvgIpc) is 2.90. The van der Waals surface area contributed by atoms with Gasteiger partial charge < -0.3 is 9.47 Å². The molecule has 0 radical (unpaired) electrons. The number of amides is 2. The Kier molecular flexibility index (Phi) is 6.83. The molecule has 0 saturated carbocycles. The van der Waals surface area contributed by atoms with Crippen LogP contribution in [0.25, 0.3) is 11.1 Å². The van der Waals surface area contributed by atoms with Crippen molar-refractivity contribution in [3.8, 4) is 34.1 Å². The van der Waals surface area contributed by atoms with Gasteiger partial charge in [-0.15, -0.1) is 0 Å². The van der Waals surface area contributed by atoms with Gasteiger partial charge in [0.15, 0.2) is 0 Å². The van der Waals surface area contributed by atoms with E-state index in [2.05, 4.69) is 10.9 Å². The summed E-state index contributed by atoms with van der Waals surface area (Å²) in [6.45, 7) is 0. The summed E-state index contributed by atoms with van der Waals surface area (Å²) in [5, 5.41) is 0. The number of ether oxygens (including phenoxy) is 2. The zero-order valence-corrected chi connectivity index (χ0v) is 18.0. The number of carbonyl (C=O) groups is 2. The van der Waals surface area contributed by atoms with Crippen molar-refractivity contribution in [3.63, 3.8) is 0 Å². The van der Waals surface area contributed by atoms with Gasteiger partial charge in [0, 0.05) is 16.7 Å². The van der Waals surface area contributed by atoms with E-state index in [0.717, 1.165) is 11.1 Å². The fourth-order valence-corrected chi connectivity index (χ4v) is 3.28. The van der Waals surface area contributed by atoms with Crippen LogP contribution in [0, 0.1) is 0 Å². The number of benzene rings is 4. The molecule has 34 heavy (non-hydrogen) atoms. The number of nitrogen functional groups attached to an aromatic ring is 2. The highest BCUT2D eigenvalue weighted by Crippen LogP contribution is 2.37. The second-order valence-corrected chi connectivity index (χ2v) is 7.22. The average molecular weight is 454 g/mol. The molecule has 8 heteroatoms. The number of rotatable bonds is 7. The van der Waals surface area contributed by atoms with Crippen LogP contribution in [-0.2, 0) is 0 Å². The SMILES string of the molecule is NNC(=O)c1ccc(Oc2ccc(Oc3ccc(C(=O)NN)cc3)c(-c3ccccc3)c2)cc1. The maximum atomic E-state index is 11.7. The van der Waals surface area contributed by atoms with E-state index < -0.39 is 0 Å². The monoisotopic (exact) mass is 454 g/mol. The molecule has 0 aliphatic carbocycles. The van der Waals surface area contributed by atoms with Crippen LogP contribution in [0.15, 0.2) is 97.1 Å². The summed E-state index contributed by atoms with van der Waals surface area (Å²) in [7, 11) is 0. The molecule has 4 aromatic carbocycles. The first-order valence-electron chi connectivity index (χ1n) is 10.3. The third kappa shape index (κ3) is 5.21. The molecule has 2 amide bonds. The Hall–Kier alpha value is -4.66. The summed E-state index contributed by atoms with van der Waals surface area (Å²) in [6, 6.07) is 28.5. The molecule has 0 aliphatic heterocycles. The molecule has 4 aromatic rings. The number of carbonyl (C=O) groups excluding carboxylic acids is 2. The van der Waals surface area contributed by atoms with Crippen molar-refractivity contribution in [2.75, 3.05) is 0 Å². The Bertz CT molecular complexity index is 1290. The first kappa shape index (κ1) is 22.5. The molecule has 0 heterocycles. The molecule has 0 fully saturated rings. The first-order chi connectivity index (χ1) is 16.6. The highest BCUT2D eigenvalue weighted by molar-refractivity contribution is 5.94. The van der Waals surface area contributed by atoms with Crippen LogP contribution < -0.4 is 32.0 Å². The minimum absolute atomic E-state index is 0.379. The third-order valence-electron chi connectivity index (χ3n) is 4.99. The normalized spacial score (nSPS) is 10.3. The minimum atomic E-state index is -0.380. The van der Waals surface area contributed by atoms with Crippen molar-refractivity contribution in [1.82, 2.24) is 10.9 Å². The Morgan fingerprint density at radius 1 is 0.588 bits per heavy atom. The van der Waals surface area contributed by atoms with E-state index in [0.29, 0.717) is 34.1 Å². The van der Waals surface area contributed by atoms with Gasteiger partial charge in [-0.05, 0) is 72.3 Å². The molecule has 0 saturated heterocycles. The molecule has 0 unspecified atom stereocenters. The van der Waals surface area contributed by atoms with E-state index in [4.69, 9.17) is 21.2 Å². The molecule has 0 aliphatic rings. The molecule has 4 rings (SSSR count). The quantitative estimate of drug-likeness (QED) is 0.189. The van der Waals surface area contributed by atoms with Crippen LogP contribution in [0.5, 0.6) is 23.0 Å². The largest absolute Gasteiger partial charge is 0.457 e. The van der Waals surface area contributed by atoms with Crippen molar-refractivity contribution < 1.29 is 19.1 Å². The van der Waals surface area contributed by atoms with Gasteiger partial charge >= 0.3 is 0 Å². The van der Waals surface area contributed by atoms with E-state index in [1.807, 2.05) is 42.5 Å². The van der Waals surface area contributed by atoms with Crippen molar-refractivity contribution in [1.29, 1.82) is 0 Å². The van der Waals surface area contributed by atoms with Gasteiger partial charge in [0.25, 0.3) is 11.8 Å². The lowest BCUT2D eigenvalue weighted by Crippen LogP contribution is -2.29. The molecule has 0 spiro atoms. The predicted octanol–water partition coefficient (Wildman–Crippen LogP) is 4.15. The zero-order chi connectivity index (χ0) is 23.9. The smallest absolute Gasteiger partial charge is 0.265 e. The van der Waals surface area contributed by atoms with Crippen LogP contribution in [0.2, 0.25) is 0 Å². The zero-order valence-electron chi connectivity index (χ0n) is 18.0. The molecule has 0 atom stereocenters. The van der Waals surface area contributed by atoms with Crippen LogP contribution >= 0.6 is 0 Å². The summed E-state index contributed by atoms with van der Waals surface area (Å²) < 4.78 is 12.1. The number of hydrazine groups is 2. The summed E-state index contributed by atoms with van der Waals surface area (Å²) in [6.07, 6.45) is 0. The summed E-state index contributed by atoms with van der Waals surface area (Å²) in [4.78, 5) is 23.3. The van der Waals surface area contributed by atoms with E-state index in [-0.39, 0.29) is 11.8 Å². The van der Waals surface area contributed by atoms with Gasteiger partial charge in [0.05, 0.1) is 0 Å². The van der Waals surface area contributed by atoms with Gasteiger partial charge in [0.1, 0.15) is 23.0 Å². The third-order valence-corrected chi connectivity index (χ3v) is 4.99. The lowest BCUT2D eigenvalue weighted by molar-refractivity contribution is 0.0945. The van der Waals surface area contributed by atoms with Crippen molar-refractivity contribution in [3.05, 3.63) is 108 Å². The highest BCUT2D eigenvalue weighted by Gasteiger charge is 2.12. The molecule has 0 aromatic heterocycles. The summed E-state index contributed by atoms with van der Waals surface area (Å²) in [5.41, 5.74) is 6.81. The number of hydrogen-bond acceptors (Lipinski definition) is 6. The van der Waals surface area contributed by atoms with E-state index in [1.165, 1.54) is 0 Å². The van der Waals surface area contributed by atoms with Crippen molar-refractivity contribution in [2.45, 2.75) is 0 Å². The summed E-state index contributed by atoms with van der Waals surface area (Å²) in [5.74, 6) is 11.9. The maximum Gasteiger partial charge on any atom is 0.265 e. The first-order valence-corrected chi connectivity index (χ1v) is 10.3. The number of nitrogens with one attached hydrogen (secondary N) is 2. The van der Waals surface area contributed by atoms with Crippen LogP contribution in [0.1, 0.15) is 20.7 Å². The second kappa shape index (κ2) is 10.3. The van der Waals surface area contributed by atoms with Gasteiger partial charge in [-0.2, -0.15) is 0 Å². The Balaban J connectivity index is 1.61. The molecule has 170 valence electrons. The number of nitrogens with two attached hydrogens (primary N) is 2. The molecule has 6 N–H and O–H groups in total. The lowest BCUT2D eigenvalue weighted by Gasteiger charge is -2.14. The molecule has 8 nitrogen and oxygen atoms in total. The fourth-order valence-electron chi connectivity index (χ4n) is 3.28. The van der Waals surface area contributed by atoms with Crippen molar-refractivity contribution in [2.24, 2.45) is 11.7 Å². The van der Waals surface area contributed by atoms with Crippen LogP contribution in [0.3, 0.4) is 0 Å². The maximum absolute atomic E-state index is 11.7. The Morgan fingerprint density at radius 3 is 1.62 bits per heavy atom. The Labute approximate surface area is 196 Å². The minimum Gasteiger partial charge on any atom is -0.457 e. The van der Waals surface area contributed by atoms with Gasteiger partial charge in [-0.25, -0.2) is 11.7 Å². The molecule has 0 bridgehead atoms. The topological polar surface area (TPSA) is 129 Å². The van der Waals surface area contributed by atoms with Crippen LogP contribution in [-0.4, -0.2) is 11.8 Å². The van der Waals surface area contributed by atoms with E-state index in [9.17, 15) is 9.59 Å². The van der Waals surface area contributed by atoms with Crippen LogP contribution in [0.4, 0.5) is 0 Å². The highest BCUT2D eigenvalue weighted by atomic mass is 16.5. The summed E-state index contributed by atoms with van der Waals surface area (Å²) >= 11 is 0. The van der Waals surface area contributed by atoms with Gasteiger partial charge in [-0.3, -0.25) is 20.4 Å². The fraction of sp³-hybridized carbons (Fsp3) is 0. The standard InChI is InChI=1S/C26H22N4O4/c27-29-25(31)18-6-10-20(11-7-18)33-22-14-15-24(23(16-22)17-4-2-1-3-5-17)34-21-12-8-19(9-13-21)26(32)30-28/h1-16H,27-28H2,(H,29,31)(H,30,32). The second-order valence-electron chi connectivity index (χ2n) is 7.22. The van der Waals surface area contributed by atoms with E-state index in [1.54, 1.807) is 54.6 Å². The van der Waals surface area contributed by atoms with Gasteiger partial charge in [0.2, 0.25) is 0 Å². The predicted molar refractivity (Wildman–Crippen MR) is 128 cm³/mol. The van der Waals surface area contributed by atoms with Crippen molar-refractivity contribution >= 4 is 11.8 Å². The number of hydrogen-bond donors (Lipinski definition) is 4. The van der Waals surface area contributed by atoms with Gasteiger partial charge in [-0.1, -0.05) is 30.3 Å². The molecular weight excluding hydrogens is 432 g/mol. The molecular formula is C26H22N4O4. The lowest BCUT2D eigenvalue weighted by atomic mass is 10.0. The van der Waals surface area contributed by atoms with E-state index >= 15 is 0 Å².